The van der Waals surface area contributed by atoms with E-state index in [0.717, 1.165) is 12.8 Å². The van der Waals surface area contributed by atoms with Crippen molar-refractivity contribution < 1.29 is 9.53 Å². The molecule has 1 amide bonds. The van der Waals surface area contributed by atoms with Gasteiger partial charge in [-0.15, -0.1) is 0 Å². The van der Waals surface area contributed by atoms with E-state index in [1.54, 1.807) is 34.5 Å². The molecule has 9 nitrogen and oxygen atoms in total. The molecule has 1 aliphatic rings. The summed E-state index contributed by atoms with van der Waals surface area (Å²) in [4.78, 5) is 36.9. The normalized spacial score (nSPS) is 14.6. The predicted octanol–water partition coefficient (Wildman–Crippen LogP) is 4.01. The van der Waals surface area contributed by atoms with Crippen LogP contribution in [0.25, 0.3) is 22.2 Å². The van der Waals surface area contributed by atoms with E-state index in [9.17, 15) is 9.59 Å². The number of ether oxygens (including phenoxy) is 1. The third kappa shape index (κ3) is 4.74. The van der Waals surface area contributed by atoms with Crippen molar-refractivity contribution in [1.29, 1.82) is 0 Å². The average molecular weight is 533 g/mol. The molecule has 9 heteroatoms. The van der Waals surface area contributed by atoms with Crippen molar-refractivity contribution in [3.63, 3.8) is 0 Å². The second kappa shape index (κ2) is 10.8. The molecule has 4 heterocycles. The van der Waals surface area contributed by atoms with Crippen LogP contribution in [0.15, 0.2) is 71.8 Å². The number of aryl methyl sites for hydroxylation is 1. The Bertz CT molecular complexity index is 1840. The summed E-state index contributed by atoms with van der Waals surface area (Å²) in [6.07, 6.45) is 5.13. The molecule has 3 aromatic heterocycles. The van der Waals surface area contributed by atoms with Gasteiger partial charge in [0, 0.05) is 37.1 Å². The Morgan fingerprint density at radius 1 is 1.10 bits per heavy atom. The number of benzene rings is 2. The van der Waals surface area contributed by atoms with Gasteiger partial charge in [-0.3, -0.25) is 14.2 Å². The first-order valence-electron chi connectivity index (χ1n) is 13.3. The Morgan fingerprint density at radius 2 is 1.90 bits per heavy atom. The van der Waals surface area contributed by atoms with E-state index in [4.69, 9.17) is 9.72 Å². The Labute approximate surface area is 230 Å². The fraction of sp³-hybridized carbons (Fsp3) is 0.258. The zero-order valence-corrected chi connectivity index (χ0v) is 22.3. The van der Waals surface area contributed by atoms with Crippen LogP contribution in [-0.2, 0) is 4.74 Å². The van der Waals surface area contributed by atoms with Gasteiger partial charge in [0.2, 0.25) is 0 Å². The summed E-state index contributed by atoms with van der Waals surface area (Å²) in [5, 5.41) is 7.87. The number of amides is 1. The summed E-state index contributed by atoms with van der Waals surface area (Å²) in [5.41, 5.74) is 2.99. The van der Waals surface area contributed by atoms with Crippen LogP contribution in [0.4, 0.5) is 0 Å². The van der Waals surface area contributed by atoms with Gasteiger partial charge in [0.25, 0.3) is 11.5 Å². The van der Waals surface area contributed by atoms with Crippen LogP contribution in [0.2, 0.25) is 0 Å². The lowest BCUT2D eigenvalue weighted by atomic mass is 10.00. The summed E-state index contributed by atoms with van der Waals surface area (Å²) in [6.45, 7) is 4.99. The maximum atomic E-state index is 14.2. The van der Waals surface area contributed by atoms with E-state index in [1.165, 1.54) is 0 Å². The third-order valence-corrected chi connectivity index (χ3v) is 7.10. The van der Waals surface area contributed by atoms with E-state index in [2.05, 4.69) is 27.2 Å². The summed E-state index contributed by atoms with van der Waals surface area (Å²) < 4.78 is 8.59. The Kier molecular flexibility index (Phi) is 6.84. The molecule has 0 bridgehead atoms. The molecule has 200 valence electrons. The lowest BCUT2D eigenvalue weighted by Gasteiger charge is -2.20. The molecular weight excluding hydrogens is 504 g/mol. The van der Waals surface area contributed by atoms with Crippen LogP contribution >= 0.6 is 0 Å². The van der Waals surface area contributed by atoms with E-state index in [0.29, 0.717) is 58.1 Å². The Hall–Kier alpha value is -4.81. The number of para-hydroxylation sites is 1. The highest BCUT2D eigenvalue weighted by atomic mass is 16.5. The number of hydrogen-bond acceptors (Lipinski definition) is 6. The highest BCUT2D eigenvalue weighted by Gasteiger charge is 2.24. The lowest BCUT2D eigenvalue weighted by Crippen LogP contribution is -2.33. The number of nitrogens with zero attached hydrogens (tertiary/aromatic N) is 5. The number of aromatic nitrogens is 5. The Morgan fingerprint density at radius 3 is 2.70 bits per heavy atom. The molecule has 2 aromatic carbocycles. The van der Waals surface area contributed by atoms with Gasteiger partial charge >= 0.3 is 0 Å². The van der Waals surface area contributed by atoms with Crippen LogP contribution in [0.1, 0.15) is 53.2 Å². The van der Waals surface area contributed by atoms with Crippen molar-refractivity contribution >= 4 is 22.5 Å². The van der Waals surface area contributed by atoms with Gasteiger partial charge in [0.15, 0.2) is 5.65 Å². The van der Waals surface area contributed by atoms with Crippen molar-refractivity contribution in [3.05, 3.63) is 100.0 Å². The van der Waals surface area contributed by atoms with Gasteiger partial charge in [-0.05, 0) is 57.0 Å². The molecule has 6 rings (SSSR count). The highest BCUT2D eigenvalue weighted by Crippen LogP contribution is 2.22. The number of fused-ring (bicyclic) bond motifs is 2. The topological polar surface area (TPSA) is 103 Å². The SMILES string of the molecule is Cc1nn2cccnc2c1C(=O)N[C@@H](C)c1nc2cccc(C#CC3CCOCC3)c2c(=O)n1-c1ccccc1. The average Bonchev–Trinajstić information content (AvgIpc) is 3.32. The van der Waals surface area contributed by atoms with E-state index >= 15 is 0 Å². The second-order valence-electron chi connectivity index (χ2n) is 9.85. The molecule has 40 heavy (non-hydrogen) atoms. The first-order chi connectivity index (χ1) is 19.5. The van der Waals surface area contributed by atoms with Gasteiger partial charge < -0.3 is 10.1 Å². The predicted molar refractivity (Wildman–Crippen MR) is 151 cm³/mol. The second-order valence-corrected chi connectivity index (χ2v) is 9.85. The van der Waals surface area contributed by atoms with Gasteiger partial charge in [0.05, 0.1) is 28.3 Å². The number of nitrogens with one attached hydrogen (secondary N) is 1. The molecule has 1 saturated heterocycles. The maximum Gasteiger partial charge on any atom is 0.267 e. The van der Waals surface area contributed by atoms with E-state index in [1.807, 2.05) is 55.5 Å². The van der Waals surface area contributed by atoms with Gasteiger partial charge in [-0.1, -0.05) is 36.1 Å². The van der Waals surface area contributed by atoms with Crippen LogP contribution in [0, 0.1) is 24.7 Å². The molecule has 0 spiro atoms. The third-order valence-electron chi connectivity index (χ3n) is 7.10. The van der Waals surface area contributed by atoms with Crippen molar-refractivity contribution in [1.82, 2.24) is 29.5 Å². The van der Waals surface area contributed by atoms with Crippen molar-refractivity contribution in [2.24, 2.45) is 5.92 Å². The summed E-state index contributed by atoms with van der Waals surface area (Å²) >= 11 is 0. The highest BCUT2D eigenvalue weighted by molar-refractivity contribution is 6.01. The van der Waals surface area contributed by atoms with Crippen molar-refractivity contribution in [2.75, 3.05) is 13.2 Å². The minimum Gasteiger partial charge on any atom is -0.381 e. The molecule has 1 N–H and O–H groups in total. The number of carbonyl (C=O) groups is 1. The zero-order valence-electron chi connectivity index (χ0n) is 22.3. The molecule has 1 aliphatic heterocycles. The fourth-order valence-electron chi connectivity index (χ4n) is 5.09. The molecule has 0 saturated carbocycles. The monoisotopic (exact) mass is 532 g/mol. The fourth-order valence-corrected chi connectivity index (χ4v) is 5.09. The van der Waals surface area contributed by atoms with Gasteiger partial charge in [0.1, 0.15) is 11.4 Å². The maximum absolute atomic E-state index is 14.2. The lowest BCUT2D eigenvalue weighted by molar-refractivity contribution is 0.0807. The van der Waals surface area contributed by atoms with Crippen molar-refractivity contribution in [2.45, 2.75) is 32.7 Å². The van der Waals surface area contributed by atoms with E-state index in [-0.39, 0.29) is 17.4 Å². The quantitative estimate of drug-likeness (QED) is 0.351. The largest absolute Gasteiger partial charge is 0.381 e. The van der Waals surface area contributed by atoms with Crippen LogP contribution in [-0.4, -0.2) is 43.3 Å². The first-order valence-corrected chi connectivity index (χ1v) is 13.3. The molecule has 0 radical (unpaired) electrons. The number of rotatable bonds is 4. The molecule has 5 aromatic rings. The van der Waals surface area contributed by atoms with Gasteiger partial charge in [-0.25, -0.2) is 14.5 Å². The zero-order chi connectivity index (χ0) is 27.6. The standard InChI is InChI=1S/C31H28N6O3/c1-20-26(29-32-16-7-17-36(29)35-20)30(38)33-21(2)28-34-25-11-6-8-23(13-12-22-14-18-40-19-15-22)27(25)31(39)37(28)24-9-4-3-5-10-24/h3-11,16-17,21-22H,14-15,18-19H2,1-2H3,(H,33,38)/t21-/m0/s1. The molecule has 1 atom stereocenters. The molecular formula is C31H28N6O3. The molecule has 1 fully saturated rings. The smallest absolute Gasteiger partial charge is 0.267 e. The summed E-state index contributed by atoms with van der Waals surface area (Å²) in [7, 11) is 0. The molecule has 0 aliphatic carbocycles. The van der Waals surface area contributed by atoms with E-state index < -0.39 is 6.04 Å². The van der Waals surface area contributed by atoms with Gasteiger partial charge in [-0.2, -0.15) is 5.10 Å². The molecule has 0 unspecified atom stereocenters. The minimum absolute atomic E-state index is 0.237. The Balaban J connectivity index is 1.45. The first kappa shape index (κ1) is 25.5. The number of hydrogen-bond donors (Lipinski definition) is 1. The van der Waals surface area contributed by atoms with Crippen LogP contribution in [0.5, 0.6) is 0 Å². The number of carbonyl (C=O) groups excluding carboxylic acids is 1. The van der Waals surface area contributed by atoms with Crippen molar-refractivity contribution in [3.8, 4) is 17.5 Å². The van der Waals surface area contributed by atoms with Crippen LogP contribution in [0.3, 0.4) is 0 Å². The minimum atomic E-state index is -0.611. The van der Waals surface area contributed by atoms with Crippen LogP contribution < -0.4 is 10.9 Å². The summed E-state index contributed by atoms with van der Waals surface area (Å²) in [6, 6.07) is 16.0. The summed E-state index contributed by atoms with van der Waals surface area (Å²) in [5.74, 6) is 6.90.